The average Bonchev–Trinajstić information content (AvgIpc) is 2.67. The Hall–Kier alpha value is -2.05. The molecule has 7 heteroatoms. The van der Waals surface area contributed by atoms with Gasteiger partial charge in [0.25, 0.3) is 0 Å². The summed E-state index contributed by atoms with van der Waals surface area (Å²) in [5.41, 5.74) is 1.86. The number of aliphatic carboxylic acids is 1. The van der Waals surface area contributed by atoms with Crippen LogP contribution in [0.1, 0.15) is 31.0 Å². The van der Waals surface area contributed by atoms with Gasteiger partial charge in [-0.3, -0.25) is 4.68 Å². The summed E-state index contributed by atoms with van der Waals surface area (Å²) in [6.45, 7) is 4.09. The maximum atomic E-state index is 11.6. The van der Waals surface area contributed by atoms with E-state index < -0.39 is 18.0 Å². The van der Waals surface area contributed by atoms with E-state index in [1.165, 1.54) is 0 Å². The van der Waals surface area contributed by atoms with Crippen LogP contribution in [0.25, 0.3) is 0 Å². The molecule has 1 aromatic rings. The van der Waals surface area contributed by atoms with Crippen molar-refractivity contribution in [2.24, 2.45) is 7.05 Å². The van der Waals surface area contributed by atoms with Gasteiger partial charge in [0.1, 0.15) is 6.04 Å². The smallest absolute Gasteiger partial charge is 0.326 e. The third kappa shape index (κ3) is 4.27. The van der Waals surface area contributed by atoms with Gasteiger partial charge in [-0.15, -0.1) is 0 Å². The number of carbonyl (C=O) groups is 2. The topological polar surface area (TPSA) is 96.3 Å². The summed E-state index contributed by atoms with van der Waals surface area (Å²) >= 11 is 0. The van der Waals surface area contributed by atoms with Crippen molar-refractivity contribution in [1.29, 1.82) is 0 Å². The Labute approximate surface area is 112 Å². The molecule has 1 aromatic heterocycles. The van der Waals surface area contributed by atoms with Gasteiger partial charge in [0.2, 0.25) is 0 Å². The number of nitrogens with zero attached hydrogens (tertiary/aromatic N) is 2. The molecule has 3 N–H and O–H groups in total. The molecule has 0 aromatic carbocycles. The SMILES string of the molecule is CCC[C@@H](NC(=O)NCc1cnn(C)c1C)C(=O)O. The Balaban J connectivity index is 2.47. The van der Waals surface area contributed by atoms with Crippen LogP contribution < -0.4 is 10.6 Å². The van der Waals surface area contributed by atoms with E-state index in [-0.39, 0.29) is 0 Å². The van der Waals surface area contributed by atoms with Crippen molar-refractivity contribution < 1.29 is 14.7 Å². The first-order valence-corrected chi connectivity index (χ1v) is 6.20. The molecule has 0 aliphatic heterocycles. The number of nitrogens with one attached hydrogen (secondary N) is 2. The summed E-state index contributed by atoms with van der Waals surface area (Å²) in [4.78, 5) is 22.5. The van der Waals surface area contributed by atoms with Crippen LogP contribution in [0.2, 0.25) is 0 Å². The summed E-state index contributed by atoms with van der Waals surface area (Å²) < 4.78 is 1.71. The number of aryl methyl sites for hydroxylation is 1. The summed E-state index contributed by atoms with van der Waals surface area (Å²) in [5, 5.41) is 18.1. The summed E-state index contributed by atoms with van der Waals surface area (Å²) in [5.74, 6) is -1.02. The van der Waals surface area contributed by atoms with Crippen LogP contribution in [0.5, 0.6) is 0 Å². The Morgan fingerprint density at radius 2 is 2.21 bits per heavy atom. The predicted molar refractivity (Wildman–Crippen MR) is 69.6 cm³/mol. The molecule has 0 saturated carbocycles. The van der Waals surface area contributed by atoms with Crippen LogP contribution in [0.4, 0.5) is 4.79 Å². The molecule has 0 bridgehead atoms. The Bertz CT molecular complexity index is 456. The number of carbonyl (C=O) groups excluding carboxylic acids is 1. The first-order chi connectivity index (χ1) is 8.95. The molecule has 1 atom stereocenters. The zero-order valence-corrected chi connectivity index (χ0v) is 11.4. The van der Waals surface area contributed by atoms with E-state index in [4.69, 9.17) is 5.11 Å². The van der Waals surface area contributed by atoms with E-state index in [9.17, 15) is 9.59 Å². The number of urea groups is 1. The van der Waals surface area contributed by atoms with Crippen molar-refractivity contribution in [3.8, 4) is 0 Å². The van der Waals surface area contributed by atoms with E-state index >= 15 is 0 Å². The highest BCUT2D eigenvalue weighted by atomic mass is 16.4. The molecule has 0 spiro atoms. The van der Waals surface area contributed by atoms with Crippen LogP contribution in [0.3, 0.4) is 0 Å². The predicted octanol–water partition coefficient (Wildman–Crippen LogP) is 0.781. The molecule has 0 aliphatic rings. The first kappa shape index (κ1) is 15.0. The molecule has 7 nitrogen and oxygen atoms in total. The van der Waals surface area contributed by atoms with Crippen molar-refractivity contribution in [2.75, 3.05) is 0 Å². The molecule has 1 heterocycles. The van der Waals surface area contributed by atoms with Gasteiger partial charge in [0.15, 0.2) is 0 Å². The molecule has 0 unspecified atom stereocenters. The zero-order chi connectivity index (χ0) is 14.4. The molecule has 2 amide bonds. The lowest BCUT2D eigenvalue weighted by atomic mass is 10.2. The number of carboxylic acid groups (broad SMARTS) is 1. The Morgan fingerprint density at radius 1 is 1.53 bits per heavy atom. The van der Waals surface area contributed by atoms with Crippen LogP contribution in [0, 0.1) is 6.92 Å². The minimum atomic E-state index is -1.02. The summed E-state index contributed by atoms with van der Waals surface area (Å²) in [7, 11) is 1.82. The molecular formula is C12H20N4O3. The van der Waals surface area contributed by atoms with Crippen LogP contribution in [0.15, 0.2) is 6.20 Å². The Kier molecular flexibility index (Phi) is 5.35. The number of hydrogen-bond donors (Lipinski definition) is 3. The summed E-state index contributed by atoms with van der Waals surface area (Å²) in [6, 6.07) is -1.33. The molecule has 1 rings (SSSR count). The summed E-state index contributed by atoms with van der Waals surface area (Å²) in [6.07, 6.45) is 2.78. The van der Waals surface area contributed by atoms with Crippen molar-refractivity contribution in [1.82, 2.24) is 20.4 Å². The largest absolute Gasteiger partial charge is 0.480 e. The highest BCUT2D eigenvalue weighted by Crippen LogP contribution is 2.04. The molecular weight excluding hydrogens is 248 g/mol. The number of hydrogen-bond acceptors (Lipinski definition) is 3. The van der Waals surface area contributed by atoms with E-state index in [0.717, 1.165) is 11.3 Å². The van der Waals surface area contributed by atoms with E-state index in [1.807, 2.05) is 20.9 Å². The van der Waals surface area contributed by atoms with Gasteiger partial charge >= 0.3 is 12.0 Å². The minimum absolute atomic E-state index is 0.323. The van der Waals surface area contributed by atoms with Gasteiger partial charge in [-0.1, -0.05) is 13.3 Å². The molecule has 0 saturated heterocycles. The fourth-order valence-corrected chi connectivity index (χ4v) is 1.65. The third-order valence-corrected chi connectivity index (χ3v) is 2.96. The highest BCUT2D eigenvalue weighted by molar-refractivity contribution is 5.82. The van der Waals surface area contributed by atoms with Gasteiger partial charge in [-0.2, -0.15) is 5.10 Å². The van der Waals surface area contributed by atoms with Crippen LogP contribution >= 0.6 is 0 Å². The van der Waals surface area contributed by atoms with Gasteiger partial charge < -0.3 is 15.7 Å². The van der Waals surface area contributed by atoms with E-state index in [0.29, 0.717) is 19.4 Å². The highest BCUT2D eigenvalue weighted by Gasteiger charge is 2.18. The molecule has 0 aliphatic carbocycles. The number of carboxylic acids is 1. The second-order valence-corrected chi connectivity index (χ2v) is 4.39. The second-order valence-electron chi connectivity index (χ2n) is 4.39. The second kappa shape index (κ2) is 6.77. The standard InChI is InChI=1S/C12H20N4O3/c1-4-5-10(11(17)18)15-12(19)13-6-9-7-14-16(3)8(9)2/h7,10H,4-6H2,1-3H3,(H,17,18)(H2,13,15,19)/t10-/m1/s1. The number of rotatable bonds is 6. The fourth-order valence-electron chi connectivity index (χ4n) is 1.65. The van der Waals surface area contributed by atoms with Gasteiger partial charge in [0.05, 0.1) is 6.20 Å². The van der Waals surface area contributed by atoms with Gasteiger partial charge in [-0.25, -0.2) is 9.59 Å². The maximum absolute atomic E-state index is 11.6. The fraction of sp³-hybridized carbons (Fsp3) is 0.583. The van der Waals surface area contributed by atoms with Crippen molar-refractivity contribution >= 4 is 12.0 Å². The third-order valence-electron chi connectivity index (χ3n) is 2.96. The van der Waals surface area contributed by atoms with Crippen molar-refractivity contribution in [3.63, 3.8) is 0 Å². The number of amides is 2. The molecule has 0 fully saturated rings. The van der Waals surface area contributed by atoms with E-state index in [1.54, 1.807) is 10.9 Å². The quantitative estimate of drug-likeness (QED) is 0.710. The van der Waals surface area contributed by atoms with Gasteiger partial charge in [0, 0.05) is 24.8 Å². The molecule has 106 valence electrons. The monoisotopic (exact) mass is 268 g/mol. The number of aromatic nitrogens is 2. The molecule has 0 radical (unpaired) electrons. The lowest BCUT2D eigenvalue weighted by Gasteiger charge is -2.14. The first-order valence-electron chi connectivity index (χ1n) is 6.20. The van der Waals surface area contributed by atoms with Crippen molar-refractivity contribution in [3.05, 3.63) is 17.5 Å². The van der Waals surface area contributed by atoms with E-state index in [2.05, 4.69) is 15.7 Å². The maximum Gasteiger partial charge on any atom is 0.326 e. The average molecular weight is 268 g/mol. The van der Waals surface area contributed by atoms with Crippen LogP contribution in [-0.2, 0) is 18.4 Å². The normalized spacial score (nSPS) is 11.9. The molecule has 19 heavy (non-hydrogen) atoms. The van der Waals surface area contributed by atoms with Gasteiger partial charge in [-0.05, 0) is 13.3 Å². The zero-order valence-electron chi connectivity index (χ0n) is 11.4. The lowest BCUT2D eigenvalue weighted by molar-refractivity contribution is -0.139. The van der Waals surface area contributed by atoms with Crippen molar-refractivity contribution in [2.45, 2.75) is 39.3 Å². The minimum Gasteiger partial charge on any atom is -0.480 e. The Morgan fingerprint density at radius 3 is 2.68 bits per heavy atom. The lowest BCUT2D eigenvalue weighted by Crippen LogP contribution is -2.45. The van der Waals surface area contributed by atoms with Crippen LogP contribution in [-0.4, -0.2) is 32.9 Å².